The van der Waals surface area contributed by atoms with Crippen molar-refractivity contribution in [2.24, 2.45) is 0 Å². The highest BCUT2D eigenvalue weighted by Gasteiger charge is 2.24. The van der Waals surface area contributed by atoms with E-state index in [-0.39, 0.29) is 12.2 Å². The summed E-state index contributed by atoms with van der Waals surface area (Å²) in [6.07, 6.45) is 4.93. The van der Waals surface area contributed by atoms with Crippen molar-refractivity contribution in [1.29, 1.82) is 0 Å². The van der Waals surface area contributed by atoms with Crippen molar-refractivity contribution in [2.45, 2.75) is 38.4 Å². The fraction of sp³-hybridized carbons (Fsp3) is 0.444. The van der Waals surface area contributed by atoms with Gasteiger partial charge in [0, 0.05) is 6.54 Å². The van der Waals surface area contributed by atoms with Crippen LogP contribution in [0.1, 0.15) is 36.5 Å². The Balaban J connectivity index is 1.62. The summed E-state index contributed by atoms with van der Waals surface area (Å²) >= 11 is 6.02. The molecule has 2 heterocycles. The second-order valence-electron chi connectivity index (χ2n) is 6.02. The van der Waals surface area contributed by atoms with E-state index in [4.69, 9.17) is 21.1 Å². The Hall–Kier alpha value is -1.85. The maximum Gasteiger partial charge on any atom is 0.198 e. The van der Waals surface area contributed by atoms with E-state index in [1.54, 1.807) is 7.11 Å². The summed E-state index contributed by atoms with van der Waals surface area (Å²) in [7, 11) is 1.56. The summed E-state index contributed by atoms with van der Waals surface area (Å²) in [5, 5.41) is 3.57. The minimum absolute atomic E-state index is 0.128. The fourth-order valence-electron chi connectivity index (χ4n) is 2.95. The van der Waals surface area contributed by atoms with Crippen LogP contribution in [-0.4, -0.2) is 29.7 Å². The van der Waals surface area contributed by atoms with Gasteiger partial charge in [0.05, 0.1) is 19.3 Å². The second-order valence-corrected chi connectivity index (χ2v) is 6.37. The van der Waals surface area contributed by atoms with E-state index < -0.39 is 0 Å². The molecule has 2 atom stereocenters. The Morgan fingerprint density at radius 3 is 2.79 bits per heavy atom. The summed E-state index contributed by atoms with van der Waals surface area (Å²) in [4.78, 5) is 8.12. The molecule has 6 heteroatoms. The van der Waals surface area contributed by atoms with Crippen molar-refractivity contribution in [3.05, 3.63) is 46.9 Å². The maximum atomic E-state index is 6.26. The highest BCUT2D eigenvalue weighted by atomic mass is 35.5. The maximum absolute atomic E-state index is 6.26. The molecule has 1 aromatic carbocycles. The monoisotopic (exact) mass is 347 g/mol. The molecular formula is C18H22ClN3O2. The van der Waals surface area contributed by atoms with Crippen molar-refractivity contribution in [3.8, 4) is 5.75 Å². The average molecular weight is 348 g/mol. The van der Waals surface area contributed by atoms with Gasteiger partial charge in [0.2, 0.25) is 0 Å². The topological polar surface area (TPSA) is 56.3 Å². The van der Waals surface area contributed by atoms with Crippen molar-refractivity contribution >= 4 is 17.4 Å². The number of hydrogen-bond acceptors (Lipinski definition) is 5. The summed E-state index contributed by atoms with van der Waals surface area (Å²) in [5.74, 6) is 1.06. The third-order valence-electron chi connectivity index (χ3n) is 4.26. The number of halogens is 1. The molecule has 1 aliphatic rings. The van der Waals surface area contributed by atoms with Crippen LogP contribution < -0.4 is 10.1 Å². The van der Waals surface area contributed by atoms with Crippen molar-refractivity contribution in [3.63, 3.8) is 0 Å². The van der Waals surface area contributed by atoms with E-state index in [0.717, 1.165) is 19.3 Å². The Morgan fingerprint density at radius 1 is 1.25 bits per heavy atom. The van der Waals surface area contributed by atoms with Gasteiger partial charge in [-0.1, -0.05) is 41.4 Å². The summed E-state index contributed by atoms with van der Waals surface area (Å²) in [5.41, 5.74) is 2.51. The molecule has 0 saturated carbocycles. The summed E-state index contributed by atoms with van der Waals surface area (Å²) in [6, 6.07) is 8.58. The predicted molar refractivity (Wildman–Crippen MR) is 94.7 cm³/mol. The zero-order valence-electron chi connectivity index (χ0n) is 14.0. The van der Waals surface area contributed by atoms with E-state index in [9.17, 15) is 0 Å². The highest BCUT2D eigenvalue weighted by molar-refractivity contribution is 6.31. The third kappa shape index (κ3) is 3.97. The van der Waals surface area contributed by atoms with Gasteiger partial charge in [0.25, 0.3) is 0 Å². The Morgan fingerprint density at radius 2 is 2.04 bits per heavy atom. The molecule has 2 aromatic rings. The van der Waals surface area contributed by atoms with Crippen LogP contribution >= 0.6 is 11.6 Å². The van der Waals surface area contributed by atoms with Crippen LogP contribution in [0.2, 0.25) is 5.15 Å². The third-order valence-corrected chi connectivity index (χ3v) is 4.53. The van der Waals surface area contributed by atoms with Gasteiger partial charge >= 0.3 is 0 Å². The molecule has 0 spiro atoms. The number of aromatic nitrogens is 2. The molecule has 5 nitrogen and oxygen atoms in total. The molecule has 1 aromatic heterocycles. The summed E-state index contributed by atoms with van der Waals surface area (Å²) in [6.45, 7) is 2.75. The molecular weight excluding hydrogens is 326 g/mol. The van der Waals surface area contributed by atoms with Crippen molar-refractivity contribution in [2.75, 3.05) is 19.0 Å². The lowest BCUT2D eigenvalue weighted by Crippen LogP contribution is -2.29. The number of methoxy groups -OCH3 is 1. The average Bonchev–Trinajstić information content (AvgIpc) is 2.61. The first-order chi connectivity index (χ1) is 11.7. The molecule has 1 N–H and O–H groups in total. The van der Waals surface area contributed by atoms with Gasteiger partial charge in [-0.05, 0) is 31.7 Å². The molecule has 24 heavy (non-hydrogen) atoms. The van der Waals surface area contributed by atoms with Crippen LogP contribution in [0.15, 0.2) is 30.6 Å². The standard InChI is InChI=1S/C18H22ClN3O2/c1-12-6-8-13(9-7-12)15-5-3-4-14(24-15)10-20-18-16(23-2)17(19)21-11-22-18/h6-9,11,14-15H,3-5,10H2,1-2H3,(H,20,21,22)/t14-,15+/m1/s1. The summed E-state index contributed by atoms with van der Waals surface area (Å²) < 4.78 is 11.5. The number of rotatable bonds is 5. The quantitative estimate of drug-likeness (QED) is 0.823. The largest absolute Gasteiger partial charge is 0.490 e. The van der Waals surface area contributed by atoms with E-state index in [1.807, 2.05) is 0 Å². The molecule has 0 bridgehead atoms. The number of hydrogen-bond donors (Lipinski definition) is 1. The Labute approximate surface area is 147 Å². The molecule has 0 radical (unpaired) electrons. The van der Waals surface area contributed by atoms with Crippen LogP contribution in [0.3, 0.4) is 0 Å². The fourth-order valence-corrected chi connectivity index (χ4v) is 3.16. The number of anilines is 1. The van der Waals surface area contributed by atoms with Crippen molar-refractivity contribution < 1.29 is 9.47 Å². The molecule has 128 valence electrons. The lowest BCUT2D eigenvalue weighted by molar-refractivity contribution is -0.0442. The molecule has 0 aliphatic carbocycles. The first-order valence-electron chi connectivity index (χ1n) is 8.17. The molecule has 3 rings (SSSR count). The van der Waals surface area contributed by atoms with E-state index in [1.165, 1.54) is 17.5 Å². The number of ether oxygens (including phenoxy) is 2. The minimum atomic E-state index is 0.128. The second kappa shape index (κ2) is 7.81. The SMILES string of the molecule is COc1c(Cl)ncnc1NC[C@H]1CCC[C@@H](c2ccc(C)cc2)O1. The van der Waals surface area contributed by atoms with Gasteiger partial charge in [0.1, 0.15) is 6.33 Å². The highest BCUT2D eigenvalue weighted by Crippen LogP contribution is 2.32. The van der Waals surface area contributed by atoms with Gasteiger partial charge in [-0.15, -0.1) is 0 Å². The van der Waals surface area contributed by atoms with Crippen LogP contribution in [0.5, 0.6) is 5.75 Å². The van der Waals surface area contributed by atoms with Crippen LogP contribution in [-0.2, 0) is 4.74 Å². The van der Waals surface area contributed by atoms with Gasteiger partial charge in [-0.25, -0.2) is 9.97 Å². The zero-order valence-corrected chi connectivity index (χ0v) is 14.7. The van der Waals surface area contributed by atoms with Gasteiger partial charge in [-0.2, -0.15) is 0 Å². The van der Waals surface area contributed by atoms with Crippen LogP contribution in [0, 0.1) is 6.92 Å². The van der Waals surface area contributed by atoms with E-state index in [2.05, 4.69) is 46.5 Å². The number of nitrogens with one attached hydrogen (secondary N) is 1. The molecule has 1 fully saturated rings. The lowest BCUT2D eigenvalue weighted by Gasteiger charge is -2.30. The normalized spacial score (nSPS) is 20.6. The zero-order chi connectivity index (χ0) is 16.9. The van der Waals surface area contributed by atoms with Crippen molar-refractivity contribution in [1.82, 2.24) is 9.97 Å². The Kier molecular flexibility index (Phi) is 5.53. The first kappa shape index (κ1) is 17.0. The van der Waals surface area contributed by atoms with Crippen LogP contribution in [0.25, 0.3) is 0 Å². The van der Waals surface area contributed by atoms with Crippen LogP contribution in [0.4, 0.5) is 5.82 Å². The number of aryl methyl sites for hydroxylation is 1. The minimum Gasteiger partial charge on any atom is -0.490 e. The van der Waals surface area contributed by atoms with Gasteiger partial charge in [0.15, 0.2) is 16.7 Å². The van der Waals surface area contributed by atoms with Gasteiger partial charge in [-0.3, -0.25) is 0 Å². The first-order valence-corrected chi connectivity index (χ1v) is 8.55. The molecule has 1 aliphatic heterocycles. The lowest BCUT2D eigenvalue weighted by atomic mass is 9.97. The smallest absolute Gasteiger partial charge is 0.198 e. The Bertz CT molecular complexity index is 678. The molecule has 0 amide bonds. The van der Waals surface area contributed by atoms with E-state index in [0.29, 0.717) is 23.3 Å². The predicted octanol–water partition coefficient (Wildman–Crippen LogP) is 4.17. The van der Waals surface area contributed by atoms with Gasteiger partial charge < -0.3 is 14.8 Å². The number of nitrogens with zero attached hydrogens (tertiary/aromatic N) is 2. The van der Waals surface area contributed by atoms with E-state index >= 15 is 0 Å². The number of benzene rings is 1. The molecule has 0 unspecified atom stereocenters. The molecule has 1 saturated heterocycles.